The van der Waals surface area contributed by atoms with E-state index < -0.39 is 0 Å². The second-order valence-corrected chi connectivity index (χ2v) is 3.66. The van der Waals surface area contributed by atoms with E-state index in [4.69, 9.17) is 4.42 Å². The van der Waals surface area contributed by atoms with Gasteiger partial charge in [0, 0.05) is 10.9 Å². The highest BCUT2D eigenvalue weighted by molar-refractivity contribution is 9.10. The summed E-state index contributed by atoms with van der Waals surface area (Å²) in [5, 5.41) is 2.92. The maximum Gasteiger partial charge on any atom is 0.127 e. The van der Waals surface area contributed by atoms with Crippen molar-refractivity contribution in [2.75, 3.05) is 0 Å². The molecule has 0 bridgehead atoms. The molecule has 0 aliphatic heterocycles. The average Bonchev–Trinajstić information content (AvgIpc) is 2.55. The van der Waals surface area contributed by atoms with Gasteiger partial charge in [-0.2, -0.15) is 0 Å². The number of thiazole rings is 1. The lowest BCUT2D eigenvalue weighted by molar-refractivity contribution is 0.568. The lowest BCUT2D eigenvalue weighted by Crippen LogP contribution is -1.68. The third-order valence-electron chi connectivity index (χ3n) is 1.24. The number of hydrogen-bond donors (Lipinski definition) is 0. The van der Waals surface area contributed by atoms with Gasteiger partial charge in [-0.15, -0.1) is 11.3 Å². The molecule has 0 spiro atoms. The summed E-state index contributed by atoms with van der Waals surface area (Å²) in [5.74, 6) is 0. The maximum atomic E-state index is 4.93. The van der Waals surface area contributed by atoms with Crippen LogP contribution in [-0.4, -0.2) is 4.98 Å². The van der Waals surface area contributed by atoms with Crippen LogP contribution >= 0.6 is 27.3 Å². The van der Waals surface area contributed by atoms with Gasteiger partial charge in [0.2, 0.25) is 0 Å². The van der Waals surface area contributed by atoms with Gasteiger partial charge in [-0.1, -0.05) is 0 Å². The van der Waals surface area contributed by atoms with E-state index >= 15 is 0 Å². The van der Waals surface area contributed by atoms with Gasteiger partial charge in [0.1, 0.15) is 15.9 Å². The molecule has 0 unspecified atom stereocenters. The third-order valence-corrected chi connectivity index (χ3v) is 2.84. The van der Waals surface area contributed by atoms with Crippen LogP contribution in [0.4, 0.5) is 0 Å². The van der Waals surface area contributed by atoms with Gasteiger partial charge in [-0.25, -0.2) is 4.98 Å². The number of halogens is 1. The zero-order valence-electron chi connectivity index (χ0n) is 5.45. The second-order valence-electron chi connectivity index (χ2n) is 1.99. The fourth-order valence-electron chi connectivity index (χ4n) is 0.773. The Morgan fingerprint density at radius 2 is 2.45 bits per heavy atom. The predicted molar refractivity (Wildman–Crippen MR) is 47.5 cm³/mol. The summed E-state index contributed by atoms with van der Waals surface area (Å²) in [4.78, 5) is 4.23. The summed E-state index contributed by atoms with van der Waals surface area (Å²) < 4.78 is 5.80. The number of rotatable bonds is 1. The van der Waals surface area contributed by atoms with Gasteiger partial charge in [0.15, 0.2) is 0 Å². The number of furan rings is 1. The lowest BCUT2D eigenvalue weighted by atomic mass is 10.4. The Bertz CT molecular complexity index is 341. The van der Waals surface area contributed by atoms with Gasteiger partial charge in [0.25, 0.3) is 0 Å². The fourth-order valence-corrected chi connectivity index (χ4v) is 2.01. The zero-order chi connectivity index (χ0) is 7.68. The van der Waals surface area contributed by atoms with Crippen molar-refractivity contribution in [3.63, 3.8) is 0 Å². The molecule has 2 heterocycles. The molecule has 0 saturated heterocycles. The summed E-state index contributed by atoms with van der Waals surface area (Å²) in [5.41, 5.74) is 1.03. The van der Waals surface area contributed by atoms with Crippen molar-refractivity contribution in [1.82, 2.24) is 4.98 Å². The zero-order valence-corrected chi connectivity index (χ0v) is 7.85. The number of nitrogens with zero attached hydrogens (tertiary/aromatic N) is 1. The van der Waals surface area contributed by atoms with Gasteiger partial charge in [-0.3, -0.25) is 0 Å². The normalized spacial score (nSPS) is 10.3. The Morgan fingerprint density at radius 3 is 3.00 bits per heavy atom. The molecule has 56 valence electrons. The van der Waals surface area contributed by atoms with Crippen LogP contribution < -0.4 is 0 Å². The predicted octanol–water partition coefficient (Wildman–Crippen LogP) is 3.17. The molecule has 4 heteroatoms. The highest BCUT2D eigenvalue weighted by Gasteiger charge is 2.02. The number of hydrogen-bond acceptors (Lipinski definition) is 3. The van der Waals surface area contributed by atoms with Crippen LogP contribution in [0.3, 0.4) is 0 Å². The Kier molecular flexibility index (Phi) is 1.79. The van der Waals surface area contributed by atoms with Gasteiger partial charge in [-0.05, 0) is 22.0 Å². The molecule has 2 aromatic heterocycles. The van der Waals surface area contributed by atoms with Gasteiger partial charge in [0.05, 0.1) is 6.26 Å². The van der Waals surface area contributed by atoms with Crippen molar-refractivity contribution >= 4 is 27.3 Å². The van der Waals surface area contributed by atoms with E-state index in [0.29, 0.717) is 0 Å². The molecule has 0 N–H and O–H groups in total. The summed E-state index contributed by atoms with van der Waals surface area (Å²) in [6.45, 7) is 0. The second kappa shape index (κ2) is 2.79. The molecule has 0 aromatic carbocycles. The van der Waals surface area contributed by atoms with E-state index in [1.165, 1.54) is 0 Å². The van der Waals surface area contributed by atoms with Crippen LogP contribution in [0.5, 0.6) is 0 Å². The van der Waals surface area contributed by atoms with Gasteiger partial charge >= 0.3 is 0 Å². The van der Waals surface area contributed by atoms with Crippen LogP contribution in [0.25, 0.3) is 10.6 Å². The van der Waals surface area contributed by atoms with E-state index in [0.717, 1.165) is 15.2 Å². The average molecular weight is 230 g/mol. The number of aromatic nitrogens is 1. The van der Waals surface area contributed by atoms with E-state index in [-0.39, 0.29) is 0 Å². The van der Waals surface area contributed by atoms with E-state index in [2.05, 4.69) is 20.9 Å². The van der Waals surface area contributed by atoms with Crippen molar-refractivity contribution in [3.05, 3.63) is 28.6 Å². The van der Waals surface area contributed by atoms with Crippen LogP contribution in [-0.2, 0) is 0 Å². The molecule has 0 aliphatic rings. The Hall–Kier alpha value is -0.610. The van der Waals surface area contributed by atoms with Crippen LogP contribution in [0.1, 0.15) is 0 Å². The van der Waals surface area contributed by atoms with Crippen molar-refractivity contribution in [2.24, 2.45) is 0 Å². The first-order valence-corrected chi connectivity index (χ1v) is 4.67. The molecular weight excluding hydrogens is 226 g/mol. The van der Waals surface area contributed by atoms with E-state index in [9.17, 15) is 0 Å². The molecule has 0 atom stereocenters. The van der Waals surface area contributed by atoms with Gasteiger partial charge < -0.3 is 4.42 Å². The molecule has 0 aliphatic carbocycles. The van der Waals surface area contributed by atoms with Crippen molar-refractivity contribution in [3.8, 4) is 10.6 Å². The molecule has 0 amide bonds. The smallest absolute Gasteiger partial charge is 0.127 e. The SMILES string of the molecule is Brc1csc(-c2ccoc2)n1. The Morgan fingerprint density at radius 1 is 1.55 bits per heavy atom. The molecule has 2 rings (SSSR count). The minimum Gasteiger partial charge on any atom is -0.472 e. The van der Waals surface area contributed by atoms with E-state index in [1.807, 2.05) is 11.4 Å². The summed E-state index contributed by atoms with van der Waals surface area (Å²) in [6.07, 6.45) is 3.33. The van der Waals surface area contributed by atoms with Crippen molar-refractivity contribution in [2.45, 2.75) is 0 Å². The van der Waals surface area contributed by atoms with Crippen LogP contribution in [0, 0.1) is 0 Å². The fraction of sp³-hybridized carbons (Fsp3) is 0. The minimum atomic E-state index is 0.874. The molecule has 0 saturated carbocycles. The van der Waals surface area contributed by atoms with Crippen LogP contribution in [0.15, 0.2) is 33.0 Å². The molecular formula is C7H4BrNOS. The quantitative estimate of drug-likeness (QED) is 0.751. The molecule has 0 radical (unpaired) electrons. The Balaban J connectivity index is 2.45. The third kappa shape index (κ3) is 1.36. The largest absolute Gasteiger partial charge is 0.472 e. The summed E-state index contributed by atoms with van der Waals surface area (Å²) in [6, 6.07) is 1.89. The Labute approximate surface area is 76.0 Å². The van der Waals surface area contributed by atoms with Crippen molar-refractivity contribution < 1.29 is 4.42 Å². The first-order valence-electron chi connectivity index (χ1n) is 3.00. The lowest BCUT2D eigenvalue weighted by Gasteiger charge is -1.83. The maximum absolute atomic E-state index is 4.93. The highest BCUT2D eigenvalue weighted by Crippen LogP contribution is 2.25. The molecule has 2 aromatic rings. The molecule has 0 fully saturated rings. The standard InChI is InChI=1S/C7H4BrNOS/c8-6-4-11-7(9-6)5-1-2-10-3-5/h1-4H. The first kappa shape index (κ1) is 7.06. The first-order chi connectivity index (χ1) is 5.36. The summed E-state index contributed by atoms with van der Waals surface area (Å²) in [7, 11) is 0. The topological polar surface area (TPSA) is 26.0 Å². The highest BCUT2D eigenvalue weighted by atomic mass is 79.9. The van der Waals surface area contributed by atoms with Crippen molar-refractivity contribution in [1.29, 1.82) is 0 Å². The van der Waals surface area contributed by atoms with E-state index in [1.54, 1.807) is 23.9 Å². The molecule has 11 heavy (non-hydrogen) atoms. The summed E-state index contributed by atoms with van der Waals surface area (Å²) >= 11 is 4.88. The monoisotopic (exact) mass is 229 g/mol. The molecule has 2 nitrogen and oxygen atoms in total. The minimum absolute atomic E-state index is 0.874. The van der Waals surface area contributed by atoms with Crippen LogP contribution in [0.2, 0.25) is 0 Å².